The van der Waals surface area contributed by atoms with E-state index in [-0.39, 0.29) is 38.5 Å². The van der Waals surface area contributed by atoms with Gasteiger partial charge in [0.1, 0.15) is 0 Å². The third-order valence-electron chi connectivity index (χ3n) is 4.75. The second-order valence-corrected chi connectivity index (χ2v) is 6.72. The van der Waals surface area contributed by atoms with E-state index in [0.717, 1.165) is 5.56 Å². The molecule has 0 bridgehead atoms. The van der Waals surface area contributed by atoms with Gasteiger partial charge in [0.2, 0.25) is 0 Å². The van der Waals surface area contributed by atoms with Crippen LogP contribution in [0.1, 0.15) is 28.8 Å². The van der Waals surface area contributed by atoms with E-state index in [4.69, 9.17) is 5.84 Å². The number of halogens is 2. The van der Waals surface area contributed by atoms with Crippen molar-refractivity contribution in [2.24, 2.45) is 5.84 Å². The minimum absolute atomic E-state index is 0.0186. The molecule has 2 aromatic carbocycles. The van der Waals surface area contributed by atoms with Gasteiger partial charge >= 0.3 is 6.03 Å². The monoisotopic (exact) mass is 388 g/mol. The van der Waals surface area contributed by atoms with Crippen LogP contribution in [0.5, 0.6) is 0 Å². The Bertz CT molecular complexity index is 818. The number of urea groups is 1. The van der Waals surface area contributed by atoms with E-state index >= 15 is 0 Å². The molecule has 6 nitrogen and oxygen atoms in total. The van der Waals surface area contributed by atoms with E-state index in [1.165, 1.54) is 4.90 Å². The predicted molar refractivity (Wildman–Crippen MR) is 102 cm³/mol. The SMILES string of the molecule is NNC(=O)c1ccc(CN(C(=O)N2CCC(F)(F)CC2)c2ccccc2)cc1. The van der Waals surface area contributed by atoms with Crippen LogP contribution in [-0.2, 0) is 6.54 Å². The Morgan fingerprint density at radius 1 is 1.04 bits per heavy atom. The molecule has 1 aliphatic heterocycles. The summed E-state index contributed by atoms with van der Waals surface area (Å²) >= 11 is 0. The summed E-state index contributed by atoms with van der Waals surface area (Å²) in [6.07, 6.45) is -0.658. The molecule has 0 aliphatic carbocycles. The molecule has 28 heavy (non-hydrogen) atoms. The Balaban J connectivity index is 1.80. The molecule has 0 saturated carbocycles. The van der Waals surface area contributed by atoms with Gasteiger partial charge in [-0.05, 0) is 29.8 Å². The Kier molecular flexibility index (Phi) is 5.89. The van der Waals surface area contributed by atoms with Gasteiger partial charge in [0.15, 0.2) is 0 Å². The Morgan fingerprint density at radius 3 is 2.21 bits per heavy atom. The molecule has 3 amide bonds. The van der Waals surface area contributed by atoms with Gasteiger partial charge in [0, 0.05) is 37.2 Å². The van der Waals surface area contributed by atoms with Crippen LogP contribution in [0.25, 0.3) is 0 Å². The maximum Gasteiger partial charge on any atom is 0.324 e. The highest BCUT2D eigenvalue weighted by molar-refractivity contribution is 5.94. The minimum atomic E-state index is -2.71. The van der Waals surface area contributed by atoms with Crippen molar-refractivity contribution < 1.29 is 18.4 Å². The molecule has 1 saturated heterocycles. The molecule has 2 aromatic rings. The van der Waals surface area contributed by atoms with Gasteiger partial charge in [-0.1, -0.05) is 30.3 Å². The molecule has 0 spiro atoms. The first kappa shape index (κ1) is 19.8. The third-order valence-corrected chi connectivity index (χ3v) is 4.75. The smallest absolute Gasteiger partial charge is 0.324 e. The number of anilines is 1. The van der Waals surface area contributed by atoms with Gasteiger partial charge in [0.25, 0.3) is 11.8 Å². The van der Waals surface area contributed by atoms with Gasteiger partial charge in [0.05, 0.1) is 6.54 Å². The summed E-state index contributed by atoms with van der Waals surface area (Å²) in [4.78, 5) is 27.6. The molecule has 1 heterocycles. The number of alkyl halides is 2. The molecule has 0 radical (unpaired) electrons. The van der Waals surface area contributed by atoms with Crippen molar-refractivity contribution in [3.05, 3.63) is 65.7 Å². The molecule has 8 heteroatoms. The third kappa shape index (κ3) is 4.64. The highest BCUT2D eigenvalue weighted by Crippen LogP contribution is 2.29. The van der Waals surface area contributed by atoms with Crippen LogP contribution in [0.4, 0.5) is 19.3 Å². The second-order valence-electron chi connectivity index (χ2n) is 6.72. The lowest BCUT2D eigenvalue weighted by molar-refractivity contribution is -0.0465. The fourth-order valence-electron chi connectivity index (χ4n) is 3.10. The lowest BCUT2D eigenvalue weighted by atomic mass is 10.1. The predicted octanol–water partition coefficient (Wildman–Crippen LogP) is 3.15. The quantitative estimate of drug-likeness (QED) is 0.480. The summed E-state index contributed by atoms with van der Waals surface area (Å²) in [5, 5.41) is 0. The first-order chi connectivity index (χ1) is 13.4. The number of hydrazine groups is 1. The summed E-state index contributed by atoms with van der Waals surface area (Å²) in [7, 11) is 0. The largest absolute Gasteiger partial charge is 0.324 e. The number of nitrogens with two attached hydrogens (primary N) is 1. The summed E-state index contributed by atoms with van der Waals surface area (Å²) in [6, 6.07) is 15.5. The average molecular weight is 388 g/mol. The molecular formula is C20H22F2N4O2. The van der Waals surface area contributed by atoms with Crippen LogP contribution in [0.15, 0.2) is 54.6 Å². The highest BCUT2D eigenvalue weighted by atomic mass is 19.3. The highest BCUT2D eigenvalue weighted by Gasteiger charge is 2.37. The number of piperidine rings is 1. The van der Waals surface area contributed by atoms with Crippen LogP contribution in [0.2, 0.25) is 0 Å². The summed E-state index contributed by atoms with van der Waals surface area (Å²) in [5.74, 6) is 2.01. The van der Waals surface area contributed by atoms with Crippen molar-refractivity contribution >= 4 is 17.6 Å². The van der Waals surface area contributed by atoms with E-state index in [1.807, 2.05) is 18.2 Å². The summed E-state index contributed by atoms with van der Waals surface area (Å²) in [5.41, 5.74) is 3.94. The van der Waals surface area contributed by atoms with Gasteiger partial charge in [-0.25, -0.2) is 19.4 Å². The van der Waals surface area contributed by atoms with Crippen LogP contribution in [-0.4, -0.2) is 35.9 Å². The number of hydrogen-bond donors (Lipinski definition) is 2. The van der Waals surface area contributed by atoms with Crippen molar-refractivity contribution in [3.8, 4) is 0 Å². The Hall–Kier alpha value is -3.00. The number of carbonyl (C=O) groups excluding carboxylic acids is 2. The molecule has 0 aromatic heterocycles. The number of likely N-dealkylation sites (tertiary alicyclic amines) is 1. The lowest BCUT2D eigenvalue weighted by Gasteiger charge is -2.35. The number of nitrogen functional groups attached to an aromatic ring is 1. The molecule has 3 N–H and O–H groups in total. The van der Waals surface area contributed by atoms with Gasteiger partial charge in [-0.2, -0.15) is 0 Å². The van der Waals surface area contributed by atoms with Gasteiger partial charge in [-0.15, -0.1) is 0 Å². The number of hydrogen-bond acceptors (Lipinski definition) is 3. The molecule has 0 unspecified atom stereocenters. The molecule has 3 rings (SSSR count). The minimum Gasteiger partial charge on any atom is -0.324 e. The Labute approximate surface area is 161 Å². The number of benzene rings is 2. The number of rotatable bonds is 4. The molecule has 0 atom stereocenters. The number of carbonyl (C=O) groups is 2. The topological polar surface area (TPSA) is 78.7 Å². The fourth-order valence-corrected chi connectivity index (χ4v) is 3.10. The standard InChI is InChI=1S/C20H22F2N4O2/c21-20(22)10-12-25(13-11-20)19(28)26(17-4-2-1-3-5-17)14-15-6-8-16(9-7-15)18(27)24-23/h1-9H,10-14,23H2,(H,24,27). The maximum absolute atomic E-state index is 13.5. The van der Waals surface area contributed by atoms with Crippen molar-refractivity contribution in [1.82, 2.24) is 10.3 Å². The van der Waals surface area contributed by atoms with Crippen LogP contribution in [0, 0.1) is 0 Å². The van der Waals surface area contributed by atoms with Gasteiger partial charge < -0.3 is 4.90 Å². The number of nitrogens with zero attached hydrogens (tertiary/aromatic N) is 2. The van der Waals surface area contributed by atoms with Crippen LogP contribution >= 0.6 is 0 Å². The molecule has 1 fully saturated rings. The molecule has 1 aliphatic rings. The average Bonchev–Trinajstić information content (AvgIpc) is 2.72. The van der Waals surface area contributed by atoms with Crippen molar-refractivity contribution in [3.63, 3.8) is 0 Å². The Morgan fingerprint density at radius 2 is 1.64 bits per heavy atom. The number of amides is 3. The summed E-state index contributed by atoms with van der Waals surface area (Å²) in [6.45, 7) is 0.288. The zero-order valence-corrected chi connectivity index (χ0v) is 15.3. The zero-order chi connectivity index (χ0) is 20.1. The number of para-hydroxylation sites is 1. The first-order valence-electron chi connectivity index (χ1n) is 8.99. The summed E-state index contributed by atoms with van der Waals surface area (Å²) < 4.78 is 26.9. The van der Waals surface area contributed by atoms with E-state index in [1.54, 1.807) is 41.3 Å². The van der Waals surface area contributed by atoms with E-state index in [0.29, 0.717) is 11.3 Å². The normalized spacial score (nSPS) is 15.8. The van der Waals surface area contributed by atoms with E-state index < -0.39 is 11.8 Å². The second kappa shape index (κ2) is 8.35. The van der Waals surface area contributed by atoms with Crippen LogP contribution in [0.3, 0.4) is 0 Å². The van der Waals surface area contributed by atoms with Gasteiger partial charge in [-0.3, -0.25) is 15.1 Å². The van der Waals surface area contributed by atoms with E-state index in [9.17, 15) is 18.4 Å². The first-order valence-corrected chi connectivity index (χ1v) is 8.99. The van der Waals surface area contributed by atoms with Crippen molar-refractivity contribution in [2.45, 2.75) is 25.3 Å². The van der Waals surface area contributed by atoms with Crippen LogP contribution < -0.4 is 16.2 Å². The van der Waals surface area contributed by atoms with Crippen molar-refractivity contribution in [2.75, 3.05) is 18.0 Å². The maximum atomic E-state index is 13.5. The van der Waals surface area contributed by atoms with Crippen molar-refractivity contribution in [1.29, 1.82) is 0 Å². The van der Waals surface area contributed by atoms with E-state index in [2.05, 4.69) is 5.43 Å². The number of nitrogens with one attached hydrogen (secondary N) is 1. The molecule has 148 valence electrons. The lowest BCUT2D eigenvalue weighted by Crippen LogP contribution is -2.48. The molecular weight excluding hydrogens is 366 g/mol. The fraction of sp³-hybridized carbons (Fsp3) is 0.300. The zero-order valence-electron chi connectivity index (χ0n) is 15.3.